The highest BCUT2D eigenvalue weighted by Gasteiger charge is 2.67. The average Bonchev–Trinajstić information content (AvgIpc) is 2.59. The number of aromatic hydroxyl groups is 1. The Morgan fingerprint density at radius 2 is 2.14 bits per heavy atom. The molecule has 3 rings (SSSR count). The van der Waals surface area contributed by atoms with Crippen LogP contribution in [0.15, 0.2) is 35.5 Å². The van der Waals surface area contributed by atoms with E-state index in [0.29, 0.717) is 16.9 Å². The van der Waals surface area contributed by atoms with Crippen LogP contribution in [0.1, 0.15) is 26.3 Å². The number of β-lactam (4-membered cyclic amide) rings is 1. The van der Waals surface area contributed by atoms with Crippen molar-refractivity contribution in [2.24, 2.45) is 0 Å². The number of thioether (sulfide) groups is 1. The van der Waals surface area contributed by atoms with Crippen molar-refractivity contribution in [3.63, 3.8) is 0 Å². The molecule has 1 saturated heterocycles. The molecule has 28 heavy (non-hydrogen) atoms. The van der Waals surface area contributed by atoms with Crippen LogP contribution in [0.2, 0.25) is 0 Å². The Hall–Kier alpha value is -2.52. The fourth-order valence-corrected chi connectivity index (χ4v) is 4.75. The van der Waals surface area contributed by atoms with Gasteiger partial charge in [0.05, 0.1) is 12.5 Å². The van der Waals surface area contributed by atoms with E-state index in [0.717, 1.165) is 0 Å². The predicted molar refractivity (Wildman–Crippen MR) is 102 cm³/mol. The number of benzene rings is 1. The summed E-state index contributed by atoms with van der Waals surface area (Å²) >= 11 is 1.35. The second-order valence-electron chi connectivity index (χ2n) is 7.07. The van der Waals surface area contributed by atoms with Gasteiger partial charge < -0.3 is 20.3 Å². The molecule has 1 aromatic carbocycles. The molecule has 0 bridgehead atoms. The smallest absolute Gasteiger partial charge is 0.352 e. The molecule has 0 aliphatic carbocycles. The molecule has 1 fully saturated rings. The van der Waals surface area contributed by atoms with E-state index >= 15 is 0 Å². The second kappa shape index (κ2) is 7.48. The Bertz CT molecular complexity index is 868. The first kappa shape index (κ1) is 20.2. The fourth-order valence-electron chi connectivity index (χ4n) is 3.41. The highest BCUT2D eigenvalue weighted by molar-refractivity contribution is 8.00. The summed E-state index contributed by atoms with van der Waals surface area (Å²) in [6, 6.07) is 6.28. The van der Waals surface area contributed by atoms with Gasteiger partial charge in [-0.15, -0.1) is 11.8 Å². The van der Waals surface area contributed by atoms with Crippen LogP contribution in [0.3, 0.4) is 0 Å². The third-order valence-corrected chi connectivity index (χ3v) is 5.90. The number of carbonyl (C=O) groups is 3. The first-order chi connectivity index (χ1) is 13.2. The number of nitrogens with zero attached hydrogens (tertiary/aromatic N) is 1. The predicted octanol–water partition coefficient (Wildman–Crippen LogP) is 1.45. The second-order valence-corrected chi connectivity index (χ2v) is 8.14. The minimum atomic E-state index is -1.62. The minimum Gasteiger partial charge on any atom is -0.508 e. The molecule has 1 unspecified atom stereocenters. The van der Waals surface area contributed by atoms with Crippen LogP contribution >= 0.6 is 11.8 Å². The summed E-state index contributed by atoms with van der Waals surface area (Å²) in [6.45, 7) is 5.15. The first-order valence-corrected chi connectivity index (χ1v) is 9.85. The van der Waals surface area contributed by atoms with E-state index in [2.05, 4.69) is 5.32 Å². The number of carbonyl (C=O) groups excluding carboxylic acids is 2. The Morgan fingerprint density at radius 3 is 2.75 bits per heavy atom. The summed E-state index contributed by atoms with van der Waals surface area (Å²) in [7, 11) is 0. The van der Waals surface area contributed by atoms with Crippen molar-refractivity contribution in [3.05, 3.63) is 41.1 Å². The van der Waals surface area contributed by atoms with Gasteiger partial charge in [0.15, 0.2) is 0 Å². The molecule has 2 heterocycles. The molecular weight excluding hydrogens is 384 g/mol. The summed E-state index contributed by atoms with van der Waals surface area (Å²) in [5.74, 6) is -1.77. The maximum atomic E-state index is 13.0. The van der Waals surface area contributed by atoms with Crippen molar-refractivity contribution in [1.29, 1.82) is 0 Å². The molecule has 2 atom stereocenters. The average molecular weight is 406 g/mol. The van der Waals surface area contributed by atoms with Gasteiger partial charge >= 0.3 is 5.97 Å². The van der Waals surface area contributed by atoms with Gasteiger partial charge in [-0.2, -0.15) is 0 Å². The van der Waals surface area contributed by atoms with Crippen LogP contribution in [0, 0.1) is 0 Å². The molecule has 3 N–H and O–H groups in total. The number of aliphatic carboxylic acids is 1. The number of carboxylic acid groups (broad SMARTS) is 1. The first-order valence-electron chi connectivity index (χ1n) is 8.80. The Morgan fingerprint density at radius 1 is 1.43 bits per heavy atom. The van der Waals surface area contributed by atoms with Crippen molar-refractivity contribution < 1.29 is 29.3 Å². The standard InChI is InChI=1S/C19H22N2O6S/c1-10(2)27-19(20-14(23)8-12-5-4-6-13(22)7-12)17(26)21-15(16(24)25)11(3)9-28-18(19)21/h4-7,10,18,22H,8-9H2,1-3H3,(H,20,23)(H,24,25)/t18-,19?/m1/s1. The number of hydrogen-bond donors (Lipinski definition) is 3. The summed E-state index contributed by atoms with van der Waals surface area (Å²) < 4.78 is 5.84. The van der Waals surface area contributed by atoms with E-state index < -0.39 is 28.9 Å². The Balaban J connectivity index is 1.86. The van der Waals surface area contributed by atoms with Gasteiger partial charge in [0.2, 0.25) is 5.91 Å². The molecule has 0 aromatic heterocycles. The maximum absolute atomic E-state index is 13.0. The number of rotatable bonds is 6. The molecule has 8 nitrogen and oxygen atoms in total. The van der Waals surface area contributed by atoms with Gasteiger partial charge in [0.1, 0.15) is 16.8 Å². The van der Waals surface area contributed by atoms with Gasteiger partial charge in [0.25, 0.3) is 11.6 Å². The molecule has 150 valence electrons. The molecule has 1 aromatic rings. The molecule has 2 amide bonds. The molecule has 0 spiro atoms. The fraction of sp³-hybridized carbons (Fsp3) is 0.421. The van der Waals surface area contributed by atoms with Crippen LogP contribution in [0.25, 0.3) is 0 Å². The van der Waals surface area contributed by atoms with Crippen LogP contribution in [-0.2, 0) is 25.5 Å². The molecule has 2 aliphatic heterocycles. The van der Waals surface area contributed by atoms with Crippen LogP contribution in [0.4, 0.5) is 0 Å². The van der Waals surface area contributed by atoms with E-state index in [1.807, 2.05) is 0 Å². The Labute approximate surface area is 166 Å². The molecule has 2 aliphatic rings. The summed E-state index contributed by atoms with van der Waals surface area (Å²) in [6.07, 6.45) is -0.420. The van der Waals surface area contributed by atoms with E-state index in [-0.39, 0.29) is 24.0 Å². The lowest BCUT2D eigenvalue weighted by Gasteiger charge is -2.56. The van der Waals surface area contributed by atoms with Gasteiger partial charge in [-0.25, -0.2) is 4.79 Å². The van der Waals surface area contributed by atoms with E-state index in [9.17, 15) is 24.6 Å². The molecular formula is C19H22N2O6S. The van der Waals surface area contributed by atoms with Gasteiger partial charge in [-0.1, -0.05) is 12.1 Å². The number of nitrogens with one attached hydrogen (secondary N) is 1. The largest absolute Gasteiger partial charge is 0.508 e. The number of amides is 2. The lowest BCUT2D eigenvalue weighted by Crippen LogP contribution is -2.81. The van der Waals surface area contributed by atoms with E-state index in [1.165, 1.54) is 28.8 Å². The van der Waals surface area contributed by atoms with E-state index in [1.54, 1.807) is 32.9 Å². The zero-order chi connectivity index (χ0) is 20.6. The normalized spacial score (nSPS) is 24.1. The van der Waals surface area contributed by atoms with Gasteiger partial charge in [-0.3, -0.25) is 14.5 Å². The zero-order valence-electron chi connectivity index (χ0n) is 15.8. The number of hydrogen-bond acceptors (Lipinski definition) is 6. The summed E-state index contributed by atoms with van der Waals surface area (Å²) in [5, 5.41) is 21.1. The lowest BCUT2D eigenvalue weighted by atomic mass is 9.97. The third kappa shape index (κ3) is 3.47. The lowest BCUT2D eigenvalue weighted by molar-refractivity contribution is -0.206. The summed E-state index contributed by atoms with van der Waals surface area (Å²) in [4.78, 5) is 38.4. The SMILES string of the molecule is CC1=C(C(=O)O)N2C(=O)C(NC(=O)Cc3cccc(O)c3)(OC(C)C)[C@H]2SC1. The highest BCUT2D eigenvalue weighted by atomic mass is 32.2. The number of phenols is 1. The quantitative estimate of drug-likeness (QED) is 0.484. The molecule has 9 heteroatoms. The van der Waals surface area contributed by atoms with Crippen molar-refractivity contribution in [1.82, 2.24) is 10.2 Å². The van der Waals surface area contributed by atoms with Gasteiger partial charge in [-0.05, 0) is 44.0 Å². The topological polar surface area (TPSA) is 116 Å². The number of fused-ring (bicyclic) bond motifs is 1. The monoisotopic (exact) mass is 406 g/mol. The maximum Gasteiger partial charge on any atom is 0.352 e. The number of carboxylic acids is 1. The van der Waals surface area contributed by atoms with Crippen LogP contribution in [0.5, 0.6) is 5.75 Å². The van der Waals surface area contributed by atoms with Crippen molar-refractivity contribution in [2.75, 3.05) is 5.75 Å². The van der Waals surface area contributed by atoms with Crippen molar-refractivity contribution in [3.8, 4) is 5.75 Å². The zero-order valence-corrected chi connectivity index (χ0v) is 16.6. The van der Waals surface area contributed by atoms with Crippen molar-refractivity contribution in [2.45, 2.75) is 44.4 Å². The third-order valence-electron chi connectivity index (χ3n) is 4.45. The Kier molecular flexibility index (Phi) is 5.40. The number of phenolic OH excluding ortho intramolecular Hbond substituents is 1. The summed E-state index contributed by atoms with van der Waals surface area (Å²) in [5.41, 5.74) is -0.502. The molecule has 0 saturated carbocycles. The number of ether oxygens (including phenoxy) is 1. The van der Waals surface area contributed by atoms with Gasteiger partial charge in [0, 0.05) is 5.75 Å². The molecule has 0 radical (unpaired) electrons. The highest BCUT2D eigenvalue weighted by Crippen LogP contribution is 2.47. The van der Waals surface area contributed by atoms with Crippen LogP contribution < -0.4 is 5.32 Å². The van der Waals surface area contributed by atoms with Crippen LogP contribution in [-0.4, -0.2) is 55.9 Å². The minimum absolute atomic E-state index is 0.0406. The van der Waals surface area contributed by atoms with E-state index in [4.69, 9.17) is 4.74 Å². The van der Waals surface area contributed by atoms with Crippen molar-refractivity contribution >= 4 is 29.5 Å².